The molecule has 492 valence electrons. The van der Waals surface area contributed by atoms with Crippen molar-refractivity contribution < 1.29 is 23.7 Å². The van der Waals surface area contributed by atoms with Crippen molar-refractivity contribution in [3.63, 3.8) is 0 Å². The lowest BCUT2D eigenvalue weighted by atomic mass is 10.0. The molecule has 0 aromatic heterocycles. The van der Waals surface area contributed by atoms with E-state index in [1.54, 1.807) is 0 Å². The Bertz CT molecular complexity index is 1040. The Labute approximate surface area is 517 Å². The second-order valence-corrected chi connectivity index (χ2v) is 26.6. The Kier molecular flexibility index (Phi) is 73.7. The van der Waals surface area contributed by atoms with Crippen LogP contribution in [-0.2, 0) is 18.9 Å². The molecule has 0 heterocycles. The van der Waals surface area contributed by atoms with Crippen LogP contribution in [0.15, 0.2) is 0 Å². The van der Waals surface area contributed by atoms with E-state index in [1.165, 1.54) is 385 Å². The molecule has 0 bridgehead atoms. The maximum absolute atomic E-state index is 13.2. The molecular formula is C77H154O5. The monoisotopic (exact) mass is 1160 g/mol. The fraction of sp³-hybridized carbons (Fsp3) is 0.987. The van der Waals surface area contributed by atoms with E-state index in [4.69, 9.17) is 18.9 Å². The topological polar surface area (TPSA) is 54.0 Å². The lowest BCUT2D eigenvalue weighted by molar-refractivity contribution is -0.0430. The lowest BCUT2D eigenvalue weighted by Gasteiger charge is -2.20. The van der Waals surface area contributed by atoms with E-state index in [9.17, 15) is 4.79 Å². The molecule has 5 nitrogen and oxygen atoms in total. The van der Waals surface area contributed by atoms with Gasteiger partial charge < -0.3 is 18.9 Å². The summed E-state index contributed by atoms with van der Waals surface area (Å²) in [6.07, 6.45) is 89.1. The van der Waals surface area contributed by atoms with E-state index in [0.717, 1.165) is 51.7 Å². The largest absolute Gasteiger partial charge is 0.508 e. The van der Waals surface area contributed by atoms with E-state index in [1.807, 2.05) is 0 Å². The third-order valence-corrected chi connectivity index (χ3v) is 18.2. The molecule has 0 rings (SSSR count). The van der Waals surface area contributed by atoms with Gasteiger partial charge >= 0.3 is 6.16 Å². The predicted molar refractivity (Wildman–Crippen MR) is 364 cm³/mol. The minimum atomic E-state index is -0.550. The van der Waals surface area contributed by atoms with Gasteiger partial charge in [0.15, 0.2) is 0 Å². The average Bonchev–Trinajstić information content (AvgIpc) is 3.49. The Hall–Kier alpha value is -0.810. The van der Waals surface area contributed by atoms with Crippen molar-refractivity contribution in [2.24, 2.45) is 0 Å². The zero-order valence-corrected chi connectivity index (χ0v) is 57.2. The minimum absolute atomic E-state index is 0.0532. The molecule has 0 N–H and O–H groups in total. The molecule has 2 atom stereocenters. The van der Waals surface area contributed by atoms with Gasteiger partial charge in [0.25, 0.3) is 0 Å². The van der Waals surface area contributed by atoms with Gasteiger partial charge in [-0.25, -0.2) is 4.79 Å². The third kappa shape index (κ3) is 70.0. The zero-order chi connectivity index (χ0) is 59.1. The molecule has 0 aliphatic heterocycles. The Morgan fingerprint density at radius 1 is 0.207 bits per heavy atom. The van der Waals surface area contributed by atoms with E-state index in [-0.39, 0.29) is 12.2 Å². The normalized spacial score (nSPS) is 12.4. The smallest absolute Gasteiger partial charge is 0.432 e. The maximum Gasteiger partial charge on any atom is 0.508 e. The van der Waals surface area contributed by atoms with Gasteiger partial charge in [-0.1, -0.05) is 426 Å². The van der Waals surface area contributed by atoms with Gasteiger partial charge in [0.1, 0.15) is 13.2 Å². The first-order valence-corrected chi connectivity index (χ1v) is 38.7. The van der Waals surface area contributed by atoms with Crippen LogP contribution in [0.2, 0.25) is 0 Å². The fourth-order valence-electron chi connectivity index (χ4n) is 12.4. The van der Waals surface area contributed by atoms with Gasteiger partial charge in [0.05, 0.1) is 12.2 Å². The van der Waals surface area contributed by atoms with Gasteiger partial charge in [-0.2, -0.15) is 0 Å². The highest BCUT2D eigenvalue weighted by atomic mass is 16.7. The van der Waals surface area contributed by atoms with E-state index in [2.05, 4.69) is 27.7 Å². The van der Waals surface area contributed by atoms with Crippen LogP contribution in [0.4, 0.5) is 4.79 Å². The summed E-state index contributed by atoms with van der Waals surface area (Å²) >= 11 is 0. The van der Waals surface area contributed by atoms with E-state index in [0.29, 0.717) is 13.2 Å². The number of carbonyl (C=O) groups is 1. The van der Waals surface area contributed by atoms with E-state index >= 15 is 0 Å². The Morgan fingerprint density at radius 3 is 0.524 bits per heavy atom. The van der Waals surface area contributed by atoms with Crippen LogP contribution in [0, 0.1) is 0 Å². The first-order chi connectivity index (χ1) is 40.7. The van der Waals surface area contributed by atoms with Gasteiger partial charge in [-0.3, -0.25) is 0 Å². The first-order valence-electron chi connectivity index (χ1n) is 38.7. The first kappa shape index (κ1) is 81.2. The molecule has 0 amide bonds. The summed E-state index contributed by atoms with van der Waals surface area (Å²) in [5.74, 6) is 0. The summed E-state index contributed by atoms with van der Waals surface area (Å²) in [7, 11) is 0. The Morgan fingerprint density at radius 2 is 0.354 bits per heavy atom. The molecule has 82 heavy (non-hydrogen) atoms. The molecule has 0 fully saturated rings. The van der Waals surface area contributed by atoms with Crippen molar-refractivity contribution in [1.82, 2.24) is 0 Å². The number of rotatable bonds is 74. The predicted octanol–water partition coefficient (Wildman–Crippen LogP) is 27.7. The lowest BCUT2D eigenvalue weighted by Crippen LogP contribution is -2.26. The van der Waals surface area contributed by atoms with Crippen LogP contribution in [0.5, 0.6) is 0 Å². The van der Waals surface area contributed by atoms with Crippen molar-refractivity contribution in [3.05, 3.63) is 0 Å². The molecule has 2 unspecified atom stereocenters. The summed E-state index contributed by atoms with van der Waals surface area (Å²) in [5.41, 5.74) is 0. The summed E-state index contributed by atoms with van der Waals surface area (Å²) in [4.78, 5) is 13.2. The molecule has 0 aliphatic rings. The SMILES string of the molecule is CCCCCCCCCCCCCCCCCCOC(CCCCCCCCCCCCCCCCCC)COC(=O)OCC(CCCCCCCCCCCCCCCCCC)OCCCCCCCCCCCCCCCCCC. The van der Waals surface area contributed by atoms with Crippen molar-refractivity contribution in [2.45, 2.75) is 464 Å². The number of carbonyl (C=O) groups excluding carboxylic acids is 1. The van der Waals surface area contributed by atoms with E-state index < -0.39 is 6.16 Å². The van der Waals surface area contributed by atoms with Crippen LogP contribution < -0.4 is 0 Å². The second-order valence-electron chi connectivity index (χ2n) is 26.6. The molecule has 0 aromatic rings. The minimum Gasteiger partial charge on any atom is -0.432 e. The highest BCUT2D eigenvalue weighted by Crippen LogP contribution is 2.21. The highest BCUT2D eigenvalue weighted by molar-refractivity contribution is 5.59. The molecule has 0 aliphatic carbocycles. The van der Waals surface area contributed by atoms with Crippen LogP contribution in [-0.4, -0.2) is 44.8 Å². The molecular weight excluding hydrogens is 1000 g/mol. The van der Waals surface area contributed by atoms with Crippen molar-refractivity contribution in [2.75, 3.05) is 26.4 Å². The molecule has 0 aromatic carbocycles. The molecule has 0 spiro atoms. The second kappa shape index (κ2) is 74.4. The maximum atomic E-state index is 13.2. The van der Waals surface area contributed by atoms with Crippen LogP contribution in [0.25, 0.3) is 0 Å². The van der Waals surface area contributed by atoms with Crippen molar-refractivity contribution in [1.29, 1.82) is 0 Å². The molecule has 0 radical (unpaired) electrons. The summed E-state index contributed by atoms with van der Waals surface area (Å²) < 4.78 is 24.7. The Balaban J connectivity index is 4.83. The van der Waals surface area contributed by atoms with Gasteiger partial charge in [0, 0.05) is 13.2 Å². The summed E-state index contributed by atoms with van der Waals surface area (Å²) in [6.45, 7) is 11.3. The number of unbranched alkanes of at least 4 members (excludes halogenated alkanes) is 60. The third-order valence-electron chi connectivity index (χ3n) is 18.2. The van der Waals surface area contributed by atoms with Crippen molar-refractivity contribution in [3.8, 4) is 0 Å². The number of ether oxygens (including phenoxy) is 4. The molecule has 0 saturated carbocycles. The number of hydrogen-bond acceptors (Lipinski definition) is 5. The average molecular weight is 1160 g/mol. The van der Waals surface area contributed by atoms with Crippen LogP contribution in [0.1, 0.15) is 451 Å². The summed E-state index contributed by atoms with van der Waals surface area (Å²) in [5, 5.41) is 0. The van der Waals surface area contributed by atoms with Crippen LogP contribution >= 0.6 is 0 Å². The van der Waals surface area contributed by atoms with Gasteiger partial charge in [0.2, 0.25) is 0 Å². The fourth-order valence-corrected chi connectivity index (χ4v) is 12.4. The van der Waals surface area contributed by atoms with Crippen molar-refractivity contribution >= 4 is 6.16 Å². The van der Waals surface area contributed by atoms with Gasteiger partial charge in [-0.15, -0.1) is 0 Å². The van der Waals surface area contributed by atoms with Gasteiger partial charge in [-0.05, 0) is 25.7 Å². The number of hydrogen-bond donors (Lipinski definition) is 0. The standard InChI is InChI=1S/C77H154O5/c1-5-9-13-17-21-25-29-33-37-41-45-49-53-57-61-65-69-75(79-71-67-63-59-55-51-47-43-39-35-31-27-23-19-15-11-7-3)73-81-77(78)82-74-76(70-66-62-58-54-50-46-42-38-34-30-26-22-18-14-10-6-2)80-72-68-64-60-56-52-48-44-40-36-32-28-24-20-16-12-8-4/h75-76H,5-74H2,1-4H3. The highest BCUT2D eigenvalue weighted by Gasteiger charge is 2.17. The molecule has 0 saturated heterocycles. The van der Waals surface area contributed by atoms with Crippen LogP contribution in [0.3, 0.4) is 0 Å². The summed E-state index contributed by atoms with van der Waals surface area (Å²) in [6, 6.07) is 0. The zero-order valence-electron chi connectivity index (χ0n) is 57.2. The molecule has 5 heteroatoms. The quantitative estimate of drug-likeness (QED) is 0.0449.